The first kappa shape index (κ1) is 19.8. The summed E-state index contributed by atoms with van der Waals surface area (Å²) in [5.41, 5.74) is 2.08. The molecule has 2 aromatic rings. The van der Waals surface area contributed by atoms with Gasteiger partial charge in [-0.25, -0.2) is 0 Å². The Kier molecular flexibility index (Phi) is 8.85. The molecule has 0 spiro atoms. The predicted octanol–water partition coefficient (Wildman–Crippen LogP) is 6.96. The number of rotatable bonds is 10. The summed E-state index contributed by atoms with van der Waals surface area (Å²) in [6.07, 6.45) is 8.30. The number of unbranched alkanes of at least 4 members (excludes halogenated alkanes) is 4. The minimum Gasteiger partial charge on any atom is -0.489 e. The Hall–Kier alpha value is -1.51. The zero-order chi connectivity index (χ0) is 17.9. The van der Waals surface area contributed by atoms with Crippen LogP contribution >= 0.6 is 23.2 Å². The van der Waals surface area contributed by atoms with Crippen molar-refractivity contribution in [3.05, 3.63) is 63.6 Å². The van der Waals surface area contributed by atoms with Gasteiger partial charge < -0.3 is 4.74 Å². The molecule has 0 saturated heterocycles. The van der Waals surface area contributed by atoms with E-state index in [4.69, 9.17) is 27.9 Å². The summed E-state index contributed by atoms with van der Waals surface area (Å²) in [5.74, 6) is 0.822. The summed E-state index contributed by atoms with van der Waals surface area (Å²) in [5, 5.41) is 1.10. The second kappa shape index (κ2) is 11.2. The molecule has 0 aliphatic heterocycles. The van der Waals surface area contributed by atoms with Crippen molar-refractivity contribution in [3.63, 3.8) is 0 Å². The average molecular weight is 378 g/mol. The summed E-state index contributed by atoms with van der Waals surface area (Å²) in [4.78, 5) is 4.49. The van der Waals surface area contributed by atoms with E-state index in [1.54, 1.807) is 6.07 Å². The SMILES string of the molecule is CCCCCCC/N=C/c1ccc(OCc2ccc(Cl)c(Cl)c2)cc1. The van der Waals surface area contributed by atoms with Gasteiger partial charge in [0.25, 0.3) is 0 Å². The number of halogens is 2. The average Bonchev–Trinajstić information content (AvgIpc) is 2.63. The normalized spacial score (nSPS) is 11.2. The molecule has 0 atom stereocenters. The monoisotopic (exact) mass is 377 g/mol. The zero-order valence-corrected chi connectivity index (χ0v) is 16.2. The Morgan fingerprint density at radius 2 is 1.68 bits per heavy atom. The van der Waals surface area contributed by atoms with Crippen molar-refractivity contribution in [2.45, 2.75) is 45.6 Å². The molecule has 0 aliphatic carbocycles. The van der Waals surface area contributed by atoms with Gasteiger partial charge in [-0.2, -0.15) is 0 Å². The lowest BCUT2D eigenvalue weighted by Gasteiger charge is -2.07. The van der Waals surface area contributed by atoms with Crippen LogP contribution in [0.2, 0.25) is 10.0 Å². The van der Waals surface area contributed by atoms with Crippen molar-refractivity contribution < 1.29 is 4.74 Å². The van der Waals surface area contributed by atoms with Gasteiger partial charge in [-0.3, -0.25) is 4.99 Å². The third-order valence-corrected chi connectivity index (χ3v) is 4.64. The molecular formula is C21H25Cl2NO. The molecule has 0 radical (unpaired) electrons. The van der Waals surface area contributed by atoms with Gasteiger partial charge in [-0.05, 0) is 53.9 Å². The second-order valence-electron chi connectivity index (χ2n) is 6.06. The molecule has 2 nitrogen and oxygen atoms in total. The molecule has 0 unspecified atom stereocenters. The third kappa shape index (κ3) is 7.50. The number of hydrogen-bond donors (Lipinski definition) is 0. The van der Waals surface area contributed by atoms with Crippen molar-refractivity contribution >= 4 is 29.4 Å². The van der Waals surface area contributed by atoms with Gasteiger partial charge >= 0.3 is 0 Å². The number of ether oxygens (including phenoxy) is 1. The first-order chi connectivity index (χ1) is 12.2. The van der Waals surface area contributed by atoms with E-state index in [0.717, 1.165) is 23.4 Å². The first-order valence-corrected chi connectivity index (χ1v) is 9.61. The number of benzene rings is 2. The summed E-state index contributed by atoms with van der Waals surface area (Å²) in [6.45, 7) is 3.59. The quantitative estimate of drug-likeness (QED) is 0.323. The highest BCUT2D eigenvalue weighted by Gasteiger charge is 2.01. The Balaban J connectivity index is 1.74. The zero-order valence-electron chi connectivity index (χ0n) is 14.7. The summed E-state index contributed by atoms with van der Waals surface area (Å²) in [6, 6.07) is 13.5. The molecule has 2 rings (SSSR count). The molecule has 0 N–H and O–H groups in total. The summed E-state index contributed by atoms with van der Waals surface area (Å²) >= 11 is 11.9. The fourth-order valence-corrected chi connectivity index (χ4v) is 2.74. The van der Waals surface area contributed by atoms with Crippen LogP contribution in [0.15, 0.2) is 47.5 Å². The van der Waals surface area contributed by atoms with Crippen LogP contribution in [0.4, 0.5) is 0 Å². The highest BCUT2D eigenvalue weighted by atomic mass is 35.5. The van der Waals surface area contributed by atoms with Gasteiger partial charge in [0.05, 0.1) is 10.0 Å². The molecule has 0 aromatic heterocycles. The maximum Gasteiger partial charge on any atom is 0.119 e. The minimum absolute atomic E-state index is 0.460. The lowest BCUT2D eigenvalue weighted by molar-refractivity contribution is 0.306. The van der Waals surface area contributed by atoms with E-state index in [0.29, 0.717) is 16.7 Å². The van der Waals surface area contributed by atoms with E-state index in [1.165, 1.54) is 32.1 Å². The molecule has 134 valence electrons. The van der Waals surface area contributed by atoms with Crippen LogP contribution in [0, 0.1) is 0 Å². The highest BCUT2D eigenvalue weighted by Crippen LogP contribution is 2.23. The van der Waals surface area contributed by atoms with Crippen molar-refractivity contribution in [2.75, 3.05) is 6.54 Å². The second-order valence-corrected chi connectivity index (χ2v) is 6.87. The smallest absolute Gasteiger partial charge is 0.119 e. The van der Waals surface area contributed by atoms with Gasteiger partial charge in [-0.15, -0.1) is 0 Å². The highest BCUT2D eigenvalue weighted by molar-refractivity contribution is 6.42. The van der Waals surface area contributed by atoms with Crippen molar-refractivity contribution in [3.8, 4) is 5.75 Å². The molecule has 0 heterocycles. The van der Waals surface area contributed by atoms with Gasteiger partial charge in [0, 0.05) is 12.8 Å². The maximum absolute atomic E-state index is 6.01. The molecule has 0 fully saturated rings. The van der Waals surface area contributed by atoms with Crippen LogP contribution in [-0.2, 0) is 6.61 Å². The van der Waals surface area contributed by atoms with Crippen LogP contribution in [0.25, 0.3) is 0 Å². The van der Waals surface area contributed by atoms with Gasteiger partial charge in [0.1, 0.15) is 12.4 Å². The van der Waals surface area contributed by atoms with Crippen molar-refractivity contribution in [2.24, 2.45) is 4.99 Å². The van der Waals surface area contributed by atoms with E-state index < -0.39 is 0 Å². The largest absolute Gasteiger partial charge is 0.489 e. The molecule has 25 heavy (non-hydrogen) atoms. The van der Waals surface area contributed by atoms with Crippen molar-refractivity contribution in [1.29, 1.82) is 0 Å². The maximum atomic E-state index is 6.01. The standard InChI is InChI=1S/C21H25Cl2NO/c1-2-3-4-5-6-13-24-15-17-7-10-19(11-8-17)25-16-18-9-12-20(22)21(23)14-18/h7-12,14-15H,2-6,13,16H2,1H3/b24-15+. The van der Waals surface area contributed by atoms with E-state index in [-0.39, 0.29) is 0 Å². The van der Waals surface area contributed by atoms with Crippen molar-refractivity contribution in [1.82, 2.24) is 0 Å². The van der Waals surface area contributed by atoms with Crippen LogP contribution in [0.1, 0.15) is 50.2 Å². The number of hydrogen-bond acceptors (Lipinski definition) is 2. The van der Waals surface area contributed by atoms with Crippen LogP contribution < -0.4 is 4.74 Å². The third-order valence-electron chi connectivity index (χ3n) is 3.90. The topological polar surface area (TPSA) is 21.6 Å². The molecule has 0 saturated carbocycles. The van der Waals surface area contributed by atoms with Gasteiger partial charge in [0.15, 0.2) is 0 Å². The van der Waals surface area contributed by atoms with Gasteiger partial charge in [0.2, 0.25) is 0 Å². The van der Waals surface area contributed by atoms with Gasteiger partial charge in [-0.1, -0.05) is 61.9 Å². The molecular weight excluding hydrogens is 353 g/mol. The van der Waals surface area contributed by atoms with E-state index in [9.17, 15) is 0 Å². The molecule has 0 amide bonds. The number of aliphatic imine (C=N–C) groups is 1. The fraction of sp³-hybridized carbons (Fsp3) is 0.381. The Bertz CT molecular complexity index is 668. The van der Waals surface area contributed by atoms with E-state index in [1.807, 2.05) is 42.6 Å². The predicted molar refractivity (Wildman–Crippen MR) is 108 cm³/mol. The lowest BCUT2D eigenvalue weighted by atomic mass is 10.1. The number of nitrogens with zero attached hydrogens (tertiary/aromatic N) is 1. The van der Waals surface area contributed by atoms with Crippen LogP contribution in [-0.4, -0.2) is 12.8 Å². The van der Waals surface area contributed by atoms with Crippen LogP contribution in [0.5, 0.6) is 5.75 Å². The van der Waals surface area contributed by atoms with E-state index >= 15 is 0 Å². The summed E-state index contributed by atoms with van der Waals surface area (Å²) < 4.78 is 5.78. The fourth-order valence-electron chi connectivity index (χ4n) is 2.42. The van der Waals surface area contributed by atoms with E-state index in [2.05, 4.69) is 11.9 Å². The first-order valence-electron chi connectivity index (χ1n) is 8.85. The Morgan fingerprint density at radius 3 is 2.40 bits per heavy atom. The molecule has 4 heteroatoms. The minimum atomic E-state index is 0.460. The molecule has 2 aromatic carbocycles. The summed E-state index contributed by atoms with van der Waals surface area (Å²) in [7, 11) is 0. The molecule has 0 bridgehead atoms. The van der Waals surface area contributed by atoms with Crippen LogP contribution in [0.3, 0.4) is 0 Å². The lowest BCUT2D eigenvalue weighted by Crippen LogP contribution is -1.95. The molecule has 0 aliphatic rings. The Labute approximate surface area is 160 Å². The Morgan fingerprint density at radius 1 is 0.920 bits per heavy atom.